The van der Waals surface area contributed by atoms with Gasteiger partial charge in [0, 0.05) is 6.54 Å². The van der Waals surface area contributed by atoms with E-state index in [1.54, 1.807) is 18.0 Å². The molecule has 1 aliphatic heterocycles. The molecule has 0 aliphatic carbocycles. The maximum absolute atomic E-state index is 12.7. The molecule has 1 aliphatic rings. The van der Waals surface area contributed by atoms with Gasteiger partial charge in [0.15, 0.2) is 0 Å². The van der Waals surface area contributed by atoms with E-state index in [1.807, 2.05) is 23.1 Å². The number of hydrogen-bond donors (Lipinski definition) is 0. The number of halogens is 1. The van der Waals surface area contributed by atoms with Gasteiger partial charge in [-0.05, 0) is 25.6 Å². The average molecular weight is 350 g/mol. The topological polar surface area (TPSA) is 84.5 Å². The van der Waals surface area contributed by atoms with E-state index in [0.717, 1.165) is 0 Å². The van der Waals surface area contributed by atoms with Crippen molar-refractivity contribution in [2.45, 2.75) is 19.1 Å². The number of benzene rings is 1. The molecule has 9 heteroatoms. The first kappa shape index (κ1) is 16.4. The fraction of sp³-hybridized carbons (Fsp3) is 0.333. The molecule has 0 bridgehead atoms. The second kappa shape index (κ2) is 6.58. The van der Waals surface area contributed by atoms with Crippen LogP contribution in [0.1, 0.15) is 6.42 Å². The Morgan fingerprint density at radius 2 is 2.21 bits per heavy atom. The van der Waals surface area contributed by atoms with Crippen molar-refractivity contribution in [3.8, 4) is 0 Å². The van der Waals surface area contributed by atoms with Crippen LogP contribution in [0.3, 0.4) is 0 Å². The smallest absolute Gasteiger partial charge is 0.307 e. The Labute approximate surface area is 143 Å². The first-order chi connectivity index (χ1) is 11.5. The van der Waals surface area contributed by atoms with Crippen molar-refractivity contribution in [1.82, 2.24) is 14.7 Å². The lowest BCUT2D eigenvalue weighted by molar-refractivity contribution is -0.385. The number of para-hydroxylation sites is 1. The van der Waals surface area contributed by atoms with Gasteiger partial charge in [-0.15, -0.1) is 0 Å². The van der Waals surface area contributed by atoms with Crippen LogP contribution >= 0.6 is 11.6 Å². The Hall–Kier alpha value is -2.45. The van der Waals surface area contributed by atoms with E-state index in [-0.39, 0.29) is 17.6 Å². The molecular weight excluding hydrogens is 334 g/mol. The van der Waals surface area contributed by atoms with E-state index in [0.29, 0.717) is 30.3 Å². The van der Waals surface area contributed by atoms with Gasteiger partial charge in [0.1, 0.15) is 12.4 Å². The van der Waals surface area contributed by atoms with Crippen molar-refractivity contribution in [1.29, 1.82) is 0 Å². The third-order valence-electron chi connectivity index (χ3n) is 4.05. The summed E-state index contributed by atoms with van der Waals surface area (Å²) in [7, 11) is 1.80. The Bertz CT molecular complexity index is 778. The predicted octanol–water partition coefficient (Wildman–Crippen LogP) is 2.14. The summed E-state index contributed by atoms with van der Waals surface area (Å²) in [6.07, 6.45) is 3.20. The van der Waals surface area contributed by atoms with Crippen LogP contribution in [0.2, 0.25) is 5.02 Å². The lowest BCUT2D eigenvalue weighted by atomic mass is 10.2. The zero-order valence-electron chi connectivity index (χ0n) is 13.0. The molecule has 1 unspecified atom stereocenters. The van der Waals surface area contributed by atoms with E-state index in [4.69, 9.17) is 11.6 Å². The summed E-state index contributed by atoms with van der Waals surface area (Å²) in [5.41, 5.74) is 0.633. The lowest BCUT2D eigenvalue weighted by Crippen LogP contribution is -2.40. The second-order valence-corrected chi connectivity index (χ2v) is 6.05. The van der Waals surface area contributed by atoms with Crippen LogP contribution in [0.25, 0.3) is 0 Å². The number of nitrogens with zero attached hydrogens (tertiary/aromatic N) is 5. The molecule has 8 nitrogen and oxygen atoms in total. The molecule has 1 aromatic carbocycles. The van der Waals surface area contributed by atoms with Crippen LogP contribution in [0, 0.1) is 10.1 Å². The maximum Gasteiger partial charge on any atom is 0.307 e. The van der Waals surface area contributed by atoms with Crippen LogP contribution in [-0.4, -0.2) is 45.1 Å². The lowest BCUT2D eigenvalue weighted by Gasteiger charge is -2.23. The number of nitro groups is 1. The van der Waals surface area contributed by atoms with Crippen molar-refractivity contribution in [2.24, 2.45) is 0 Å². The van der Waals surface area contributed by atoms with Gasteiger partial charge in [0.05, 0.1) is 28.3 Å². The maximum atomic E-state index is 12.7. The van der Waals surface area contributed by atoms with Gasteiger partial charge in [0.25, 0.3) is 0 Å². The zero-order chi connectivity index (χ0) is 17.3. The van der Waals surface area contributed by atoms with Crippen LogP contribution in [0.15, 0.2) is 36.7 Å². The summed E-state index contributed by atoms with van der Waals surface area (Å²) >= 11 is 6.17. The summed E-state index contributed by atoms with van der Waals surface area (Å²) < 4.78 is 1.45. The molecule has 1 saturated heterocycles. The Balaban J connectivity index is 1.70. The van der Waals surface area contributed by atoms with Crippen LogP contribution in [0.4, 0.5) is 11.4 Å². The molecule has 2 aromatic rings. The number of likely N-dealkylation sites (N-methyl/N-ethyl adjacent to an activating group) is 1. The van der Waals surface area contributed by atoms with Gasteiger partial charge in [-0.3, -0.25) is 24.5 Å². The molecule has 0 spiro atoms. The summed E-state index contributed by atoms with van der Waals surface area (Å²) in [6, 6.07) is 6.92. The minimum absolute atomic E-state index is 0.0349. The summed E-state index contributed by atoms with van der Waals surface area (Å²) in [6.45, 7) is 0.872. The normalized spacial score (nSPS) is 17.7. The number of carbonyl (C=O) groups excluding carboxylic acids is 1. The van der Waals surface area contributed by atoms with Crippen LogP contribution in [0.5, 0.6) is 0 Å². The molecule has 126 valence electrons. The Morgan fingerprint density at radius 3 is 2.88 bits per heavy atom. The highest BCUT2D eigenvalue weighted by Gasteiger charge is 2.36. The fourth-order valence-corrected chi connectivity index (χ4v) is 3.07. The van der Waals surface area contributed by atoms with Crippen molar-refractivity contribution >= 4 is 28.9 Å². The largest absolute Gasteiger partial charge is 0.310 e. The minimum Gasteiger partial charge on any atom is -0.310 e. The number of amides is 1. The van der Waals surface area contributed by atoms with Crippen LogP contribution in [-0.2, 0) is 11.5 Å². The SMILES string of the molecule is CN(Cn1cc([N+](=O)[O-])cn1)C1CCN(c2ccccc2Cl)C1=O. The highest BCUT2D eigenvalue weighted by atomic mass is 35.5. The van der Waals surface area contributed by atoms with Gasteiger partial charge >= 0.3 is 5.69 Å². The molecule has 2 heterocycles. The van der Waals surface area contributed by atoms with E-state index < -0.39 is 4.92 Å². The van der Waals surface area contributed by atoms with Crippen molar-refractivity contribution < 1.29 is 9.72 Å². The zero-order valence-corrected chi connectivity index (χ0v) is 13.8. The molecule has 1 amide bonds. The highest BCUT2D eigenvalue weighted by Crippen LogP contribution is 2.30. The molecule has 1 atom stereocenters. The first-order valence-electron chi connectivity index (χ1n) is 7.40. The predicted molar refractivity (Wildman–Crippen MR) is 88.9 cm³/mol. The Morgan fingerprint density at radius 1 is 1.46 bits per heavy atom. The van der Waals surface area contributed by atoms with Crippen molar-refractivity contribution in [3.05, 3.63) is 51.8 Å². The van der Waals surface area contributed by atoms with Gasteiger partial charge in [-0.1, -0.05) is 23.7 Å². The Kier molecular flexibility index (Phi) is 4.50. The van der Waals surface area contributed by atoms with Gasteiger partial charge in [-0.25, -0.2) is 0 Å². The summed E-state index contributed by atoms with van der Waals surface area (Å²) in [5, 5.41) is 15.2. The molecule has 24 heavy (non-hydrogen) atoms. The molecule has 0 radical (unpaired) electrons. The molecule has 0 N–H and O–H groups in total. The number of rotatable bonds is 5. The average Bonchev–Trinajstić information content (AvgIpc) is 3.15. The standard InChI is InChI=1S/C15H16ClN5O3/c1-18(10-19-9-11(8-17-19)21(23)24)14-6-7-20(15(14)22)13-5-3-2-4-12(13)16/h2-5,8-9,14H,6-7,10H2,1H3. The van der Waals surface area contributed by atoms with Crippen molar-refractivity contribution in [2.75, 3.05) is 18.5 Å². The number of carbonyl (C=O) groups is 1. The summed E-state index contributed by atoms with van der Waals surface area (Å²) in [5.74, 6) is -0.0349. The van der Waals surface area contributed by atoms with E-state index in [1.165, 1.54) is 17.1 Å². The third kappa shape index (κ3) is 3.10. The number of aromatic nitrogens is 2. The number of hydrogen-bond acceptors (Lipinski definition) is 5. The molecule has 0 saturated carbocycles. The number of anilines is 1. The van der Waals surface area contributed by atoms with Gasteiger partial charge < -0.3 is 4.90 Å². The second-order valence-electron chi connectivity index (χ2n) is 5.64. The van der Waals surface area contributed by atoms with Crippen LogP contribution < -0.4 is 4.90 Å². The van der Waals surface area contributed by atoms with Crippen molar-refractivity contribution in [3.63, 3.8) is 0 Å². The first-order valence-corrected chi connectivity index (χ1v) is 7.78. The molecule has 3 rings (SSSR count). The third-order valence-corrected chi connectivity index (χ3v) is 4.37. The van der Waals surface area contributed by atoms with E-state index >= 15 is 0 Å². The van der Waals surface area contributed by atoms with E-state index in [9.17, 15) is 14.9 Å². The molecular formula is C15H16ClN5O3. The van der Waals surface area contributed by atoms with E-state index in [2.05, 4.69) is 5.10 Å². The minimum atomic E-state index is -0.497. The fourth-order valence-electron chi connectivity index (χ4n) is 2.84. The van der Waals surface area contributed by atoms with Gasteiger partial charge in [-0.2, -0.15) is 5.10 Å². The van der Waals surface area contributed by atoms with Gasteiger partial charge in [0.2, 0.25) is 5.91 Å². The summed E-state index contributed by atoms with van der Waals surface area (Å²) in [4.78, 5) is 26.4. The molecule has 1 fully saturated rings. The monoisotopic (exact) mass is 349 g/mol. The highest BCUT2D eigenvalue weighted by molar-refractivity contribution is 6.33. The quantitative estimate of drug-likeness (QED) is 0.610. The molecule has 1 aromatic heterocycles.